The molecule has 0 unspecified atom stereocenters. The van der Waals surface area contributed by atoms with Crippen molar-refractivity contribution in [3.63, 3.8) is 0 Å². The molecule has 0 aliphatic rings. The molecule has 106 valence electrons. The van der Waals surface area contributed by atoms with Gasteiger partial charge in [0.1, 0.15) is 0 Å². The highest BCUT2D eigenvalue weighted by Gasteiger charge is 2.72. The van der Waals surface area contributed by atoms with Gasteiger partial charge in [-0.2, -0.15) is 30.7 Å². The van der Waals surface area contributed by atoms with Crippen molar-refractivity contribution in [3.8, 4) is 0 Å². The number of hydrogen-bond acceptors (Lipinski definition) is 1. The minimum atomic E-state index is -6.36. The Hall–Kier alpha value is -1.28. The van der Waals surface area contributed by atoms with E-state index in [1.54, 1.807) is 0 Å². The van der Waals surface area contributed by atoms with Crippen molar-refractivity contribution in [1.29, 1.82) is 0 Å². The number of hydrogen-bond donors (Lipinski definition) is 1. The van der Waals surface area contributed by atoms with Gasteiger partial charge in [0.15, 0.2) is 0 Å². The zero-order valence-corrected chi connectivity index (χ0v) is 8.99. The zero-order chi connectivity index (χ0) is 14.8. The molecule has 0 aliphatic heterocycles. The molecule has 18 heavy (non-hydrogen) atoms. The second-order valence-electron chi connectivity index (χ2n) is 3.51. The lowest BCUT2D eigenvalue weighted by molar-refractivity contribution is -0.355. The van der Waals surface area contributed by atoms with Crippen LogP contribution < -0.4 is 0 Å². The number of alkyl halides is 7. The van der Waals surface area contributed by atoms with Gasteiger partial charge in [-0.1, -0.05) is 6.08 Å². The Bertz CT molecular complexity index is 343. The fraction of sp³-hybridized carbons (Fsp3) is 0.667. The molecule has 0 saturated heterocycles. The molecule has 0 heterocycles. The van der Waals surface area contributed by atoms with Gasteiger partial charge in [-0.25, -0.2) is 4.79 Å². The first-order valence-electron chi connectivity index (χ1n) is 4.55. The van der Waals surface area contributed by atoms with E-state index in [4.69, 9.17) is 5.11 Å². The van der Waals surface area contributed by atoms with Gasteiger partial charge in [0.2, 0.25) is 0 Å². The van der Waals surface area contributed by atoms with E-state index in [1.165, 1.54) is 0 Å². The average Bonchev–Trinajstić information content (AvgIpc) is 2.14. The normalized spacial score (nSPS) is 14.8. The number of carboxylic acid groups (broad SMARTS) is 1. The fourth-order valence-electron chi connectivity index (χ4n) is 0.922. The highest BCUT2D eigenvalue weighted by Crippen LogP contribution is 2.48. The lowest BCUT2D eigenvalue weighted by Gasteiger charge is -2.27. The summed E-state index contributed by atoms with van der Waals surface area (Å²) in [6, 6.07) is 0. The van der Waals surface area contributed by atoms with E-state index in [9.17, 15) is 35.5 Å². The summed E-state index contributed by atoms with van der Waals surface area (Å²) in [4.78, 5) is 10.2. The van der Waals surface area contributed by atoms with Crippen molar-refractivity contribution in [2.75, 3.05) is 0 Å². The third kappa shape index (κ3) is 3.61. The van der Waals surface area contributed by atoms with Crippen molar-refractivity contribution in [1.82, 2.24) is 0 Å². The second-order valence-corrected chi connectivity index (χ2v) is 3.51. The molecule has 0 atom stereocenters. The summed E-state index contributed by atoms with van der Waals surface area (Å²) in [6.07, 6.45) is -8.41. The van der Waals surface area contributed by atoms with Crippen LogP contribution >= 0.6 is 0 Å². The highest BCUT2D eigenvalue weighted by molar-refractivity contribution is 5.85. The second kappa shape index (κ2) is 5.15. The largest absolute Gasteiger partial charge is 0.478 e. The Morgan fingerprint density at radius 1 is 1.11 bits per heavy atom. The number of allylic oxidation sites excluding steroid dienone is 1. The SMILES string of the molecule is CC(=CCCC(F)(F)C(F)(F)C(F)(F)F)C(=O)O. The van der Waals surface area contributed by atoms with E-state index in [0.29, 0.717) is 6.08 Å². The monoisotopic (exact) mass is 282 g/mol. The maximum atomic E-state index is 12.7. The predicted molar refractivity (Wildman–Crippen MR) is 46.6 cm³/mol. The maximum Gasteiger partial charge on any atom is 0.459 e. The first-order valence-corrected chi connectivity index (χ1v) is 4.55. The number of carbonyl (C=O) groups is 1. The maximum absolute atomic E-state index is 12.7. The summed E-state index contributed by atoms with van der Waals surface area (Å²) in [5.41, 5.74) is -0.416. The Kier molecular flexibility index (Phi) is 4.78. The summed E-state index contributed by atoms with van der Waals surface area (Å²) in [7, 11) is 0. The smallest absolute Gasteiger partial charge is 0.459 e. The summed E-state index contributed by atoms with van der Waals surface area (Å²) < 4.78 is 85.3. The lowest BCUT2D eigenvalue weighted by Crippen LogP contribution is -2.51. The van der Waals surface area contributed by atoms with Crippen LogP contribution in [0.1, 0.15) is 19.8 Å². The van der Waals surface area contributed by atoms with Gasteiger partial charge in [-0.3, -0.25) is 0 Å². The van der Waals surface area contributed by atoms with Crippen LogP contribution in [-0.2, 0) is 4.79 Å². The molecule has 0 amide bonds. The van der Waals surface area contributed by atoms with Crippen molar-refractivity contribution in [3.05, 3.63) is 11.6 Å². The van der Waals surface area contributed by atoms with Crippen LogP contribution in [0.25, 0.3) is 0 Å². The zero-order valence-electron chi connectivity index (χ0n) is 8.99. The van der Waals surface area contributed by atoms with E-state index in [2.05, 4.69) is 0 Å². The van der Waals surface area contributed by atoms with Crippen LogP contribution in [0.2, 0.25) is 0 Å². The van der Waals surface area contributed by atoms with Gasteiger partial charge < -0.3 is 5.11 Å². The highest BCUT2D eigenvalue weighted by atomic mass is 19.4. The fourth-order valence-corrected chi connectivity index (χ4v) is 0.922. The van der Waals surface area contributed by atoms with Gasteiger partial charge in [0, 0.05) is 12.0 Å². The standard InChI is InChI=1S/C9H9F7O2/c1-5(6(17)18)3-2-4-7(10,11)8(12,13)9(14,15)16/h3H,2,4H2,1H3,(H,17,18). The molecule has 0 fully saturated rings. The summed E-state index contributed by atoms with van der Waals surface area (Å²) in [5.74, 6) is -12.9. The molecule has 0 rings (SSSR count). The minimum absolute atomic E-state index is 0.416. The van der Waals surface area contributed by atoms with Crippen LogP contribution in [0.5, 0.6) is 0 Å². The first-order chi connectivity index (χ1) is 7.83. The van der Waals surface area contributed by atoms with E-state index in [-0.39, 0.29) is 0 Å². The molecule has 0 aromatic carbocycles. The molecule has 0 saturated carbocycles. The minimum Gasteiger partial charge on any atom is -0.478 e. The lowest BCUT2D eigenvalue weighted by atomic mass is 10.0. The Balaban J connectivity index is 4.78. The molecule has 0 aromatic rings. The average molecular weight is 282 g/mol. The molecular formula is C9H9F7O2. The number of rotatable bonds is 5. The van der Waals surface area contributed by atoms with E-state index < -0.39 is 42.4 Å². The Labute approximate surface area is 97.1 Å². The number of carboxylic acids is 1. The van der Waals surface area contributed by atoms with E-state index in [0.717, 1.165) is 6.92 Å². The number of halogens is 7. The van der Waals surface area contributed by atoms with E-state index in [1.807, 2.05) is 0 Å². The Morgan fingerprint density at radius 3 is 1.89 bits per heavy atom. The van der Waals surface area contributed by atoms with Gasteiger partial charge >= 0.3 is 24.0 Å². The van der Waals surface area contributed by atoms with Crippen LogP contribution in [-0.4, -0.2) is 29.1 Å². The molecule has 0 aliphatic carbocycles. The number of aliphatic carboxylic acids is 1. The van der Waals surface area contributed by atoms with Crippen molar-refractivity contribution >= 4 is 5.97 Å². The van der Waals surface area contributed by atoms with Crippen LogP contribution in [0.4, 0.5) is 30.7 Å². The summed E-state index contributed by atoms with van der Waals surface area (Å²) in [5, 5.41) is 8.32. The summed E-state index contributed by atoms with van der Waals surface area (Å²) in [6.45, 7) is 1.00. The third-order valence-electron chi connectivity index (χ3n) is 2.06. The first kappa shape index (κ1) is 16.7. The summed E-state index contributed by atoms with van der Waals surface area (Å²) >= 11 is 0. The van der Waals surface area contributed by atoms with Crippen LogP contribution in [0, 0.1) is 0 Å². The van der Waals surface area contributed by atoms with Crippen LogP contribution in [0.15, 0.2) is 11.6 Å². The molecule has 0 spiro atoms. The quantitative estimate of drug-likeness (QED) is 0.617. The van der Waals surface area contributed by atoms with Crippen molar-refractivity contribution in [2.24, 2.45) is 0 Å². The molecule has 1 N–H and O–H groups in total. The molecule has 0 aromatic heterocycles. The van der Waals surface area contributed by atoms with Gasteiger partial charge in [0.25, 0.3) is 0 Å². The Morgan fingerprint density at radius 2 is 1.56 bits per heavy atom. The molecule has 0 bridgehead atoms. The van der Waals surface area contributed by atoms with Gasteiger partial charge in [-0.15, -0.1) is 0 Å². The van der Waals surface area contributed by atoms with Crippen molar-refractivity contribution < 1.29 is 40.6 Å². The van der Waals surface area contributed by atoms with Crippen LogP contribution in [0.3, 0.4) is 0 Å². The molecule has 0 radical (unpaired) electrons. The molecular weight excluding hydrogens is 273 g/mol. The molecule has 2 nitrogen and oxygen atoms in total. The van der Waals surface area contributed by atoms with Gasteiger partial charge in [0.05, 0.1) is 0 Å². The predicted octanol–water partition coefficient (Wildman–Crippen LogP) is 3.63. The van der Waals surface area contributed by atoms with E-state index >= 15 is 0 Å². The topological polar surface area (TPSA) is 37.3 Å². The third-order valence-corrected chi connectivity index (χ3v) is 2.06. The molecule has 9 heteroatoms. The van der Waals surface area contributed by atoms with Gasteiger partial charge in [-0.05, 0) is 13.3 Å². The van der Waals surface area contributed by atoms with Crippen molar-refractivity contribution in [2.45, 2.75) is 37.8 Å².